The first-order valence-corrected chi connectivity index (χ1v) is 7.28. The number of nitrogens with two attached hydrogens (primary N) is 1. The summed E-state index contributed by atoms with van der Waals surface area (Å²) in [6.07, 6.45) is 0.754. The van der Waals surface area contributed by atoms with Crippen molar-refractivity contribution in [2.75, 3.05) is 38.4 Å². The lowest BCUT2D eigenvalue weighted by molar-refractivity contribution is 0.0713. The molecule has 0 spiro atoms. The Morgan fingerprint density at radius 1 is 1.28 bits per heavy atom. The topological polar surface area (TPSA) is 61.5 Å². The molecule has 1 aromatic rings. The lowest BCUT2D eigenvalue weighted by atomic mass is 10.2. The van der Waals surface area contributed by atoms with Crippen LogP contribution in [0.15, 0.2) is 23.1 Å². The Morgan fingerprint density at radius 3 is 2.78 bits per heavy atom. The molecule has 0 aliphatic heterocycles. The number of hydrogen-bond acceptors (Lipinski definition) is 4. The molecule has 1 unspecified atom stereocenters. The molecule has 5 heteroatoms. The fraction of sp³-hybridized carbons (Fsp3) is 0.538. The van der Waals surface area contributed by atoms with Crippen molar-refractivity contribution in [3.63, 3.8) is 0 Å². The van der Waals surface area contributed by atoms with E-state index in [1.807, 2.05) is 19.1 Å². The van der Waals surface area contributed by atoms with Crippen LogP contribution in [0.2, 0.25) is 0 Å². The summed E-state index contributed by atoms with van der Waals surface area (Å²) in [6.45, 7) is 3.73. The van der Waals surface area contributed by atoms with Crippen molar-refractivity contribution in [1.82, 2.24) is 0 Å². The van der Waals surface area contributed by atoms with Crippen molar-refractivity contribution in [2.24, 2.45) is 0 Å². The van der Waals surface area contributed by atoms with E-state index < -0.39 is 10.8 Å². The average Bonchev–Trinajstić information content (AvgIpc) is 2.36. The van der Waals surface area contributed by atoms with E-state index in [4.69, 9.17) is 15.2 Å². The highest BCUT2D eigenvalue weighted by molar-refractivity contribution is 7.85. The molecule has 1 aromatic carbocycles. The number of aryl methyl sites for hydroxylation is 1. The molecule has 0 aliphatic rings. The first-order chi connectivity index (χ1) is 8.65. The van der Waals surface area contributed by atoms with Gasteiger partial charge in [0, 0.05) is 25.2 Å². The summed E-state index contributed by atoms with van der Waals surface area (Å²) >= 11 is 0. The van der Waals surface area contributed by atoms with E-state index >= 15 is 0 Å². The maximum atomic E-state index is 12.1. The van der Waals surface area contributed by atoms with Crippen LogP contribution in [-0.4, -0.2) is 36.9 Å². The number of hydrogen-bond donors (Lipinski definition) is 1. The molecule has 0 heterocycles. The van der Waals surface area contributed by atoms with Gasteiger partial charge < -0.3 is 15.2 Å². The van der Waals surface area contributed by atoms with Crippen LogP contribution in [0.3, 0.4) is 0 Å². The zero-order valence-electron chi connectivity index (χ0n) is 11.0. The molecule has 1 rings (SSSR count). The molecule has 0 aliphatic carbocycles. The third-order valence-corrected chi connectivity index (χ3v) is 3.97. The van der Waals surface area contributed by atoms with Crippen molar-refractivity contribution in [2.45, 2.75) is 18.2 Å². The minimum atomic E-state index is -1.05. The molecule has 0 amide bonds. The Balaban J connectivity index is 2.34. The van der Waals surface area contributed by atoms with Crippen LogP contribution < -0.4 is 5.73 Å². The van der Waals surface area contributed by atoms with Crippen LogP contribution in [-0.2, 0) is 20.3 Å². The first kappa shape index (κ1) is 15.1. The summed E-state index contributed by atoms with van der Waals surface area (Å²) in [5, 5.41) is 0. The van der Waals surface area contributed by atoms with E-state index in [9.17, 15) is 4.21 Å². The largest absolute Gasteiger partial charge is 0.398 e. The molecule has 1 atom stereocenters. The van der Waals surface area contributed by atoms with Gasteiger partial charge in [-0.2, -0.15) is 0 Å². The van der Waals surface area contributed by atoms with Gasteiger partial charge in [0.05, 0.1) is 28.9 Å². The van der Waals surface area contributed by atoms with Crippen LogP contribution in [0.4, 0.5) is 5.69 Å². The van der Waals surface area contributed by atoms with Crippen LogP contribution in [0.5, 0.6) is 0 Å². The minimum Gasteiger partial charge on any atom is -0.398 e. The molecule has 0 bridgehead atoms. The quantitative estimate of drug-likeness (QED) is 0.578. The summed E-state index contributed by atoms with van der Waals surface area (Å²) in [5.74, 6) is 0.570. The monoisotopic (exact) mass is 271 g/mol. The Kier molecular flexibility index (Phi) is 6.93. The Hall–Kier alpha value is -0.910. The third kappa shape index (κ3) is 5.16. The molecule has 102 valence electrons. The third-order valence-electron chi connectivity index (χ3n) is 2.46. The van der Waals surface area contributed by atoms with Crippen molar-refractivity contribution in [3.8, 4) is 0 Å². The van der Waals surface area contributed by atoms with Crippen LogP contribution >= 0.6 is 0 Å². The van der Waals surface area contributed by atoms with Gasteiger partial charge >= 0.3 is 0 Å². The predicted octanol–water partition coefficient (Wildman–Crippen LogP) is 1.74. The van der Waals surface area contributed by atoms with Crippen molar-refractivity contribution >= 4 is 16.5 Å². The lowest BCUT2D eigenvalue weighted by Crippen LogP contribution is -2.08. The zero-order valence-corrected chi connectivity index (χ0v) is 11.8. The summed E-state index contributed by atoms with van der Waals surface area (Å²) in [7, 11) is 0.589. The van der Waals surface area contributed by atoms with Crippen LogP contribution in [0.25, 0.3) is 0 Å². The van der Waals surface area contributed by atoms with Gasteiger partial charge in [0.2, 0.25) is 0 Å². The Bertz CT molecular complexity index is 396. The molecular weight excluding hydrogens is 250 g/mol. The molecule has 4 nitrogen and oxygen atoms in total. The number of rotatable bonds is 8. The maximum absolute atomic E-state index is 12.1. The fourth-order valence-corrected chi connectivity index (χ4v) is 2.73. The smallest absolute Gasteiger partial charge is 0.0700 e. The molecule has 0 saturated carbocycles. The Labute approximate surface area is 111 Å². The van der Waals surface area contributed by atoms with E-state index in [-0.39, 0.29) is 0 Å². The number of benzene rings is 1. The fourth-order valence-electron chi connectivity index (χ4n) is 1.49. The van der Waals surface area contributed by atoms with E-state index in [1.54, 1.807) is 13.2 Å². The number of nitrogen functional groups attached to an aromatic ring is 1. The first-order valence-electron chi connectivity index (χ1n) is 5.96. The number of methoxy groups -OCH3 is 1. The van der Waals surface area contributed by atoms with E-state index in [0.29, 0.717) is 31.3 Å². The van der Waals surface area contributed by atoms with E-state index in [1.165, 1.54) is 0 Å². The maximum Gasteiger partial charge on any atom is 0.0700 e. The van der Waals surface area contributed by atoms with E-state index in [2.05, 4.69) is 0 Å². The van der Waals surface area contributed by atoms with Gasteiger partial charge in [-0.1, -0.05) is 6.07 Å². The standard InChI is InChI=1S/C13H21NO3S/c1-11-4-5-12(14)13(10-11)18(15)9-3-6-17-8-7-16-2/h4-5,10H,3,6-9,14H2,1-2H3. The van der Waals surface area contributed by atoms with Gasteiger partial charge in [-0.25, -0.2) is 0 Å². The van der Waals surface area contributed by atoms with Crippen molar-refractivity contribution < 1.29 is 13.7 Å². The van der Waals surface area contributed by atoms with Crippen molar-refractivity contribution in [3.05, 3.63) is 23.8 Å². The normalized spacial score (nSPS) is 12.6. The van der Waals surface area contributed by atoms with Gasteiger partial charge in [0.25, 0.3) is 0 Å². The molecular formula is C13H21NO3S. The molecule has 0 aromatic heterocycles. The molecule has 0 radical (unpaired) electrons. The summed E-state index contributed by atoms with van der Waals surface area (Å²) in [6, 6.07) is 5.61. The molecule has 2 N–H and O–H groups in total. The lowest BCUT2D eigenvalue weighted by Gasteiger charge is -2.07. The molecule has 18 heavy (non-hydrogen) atoms. The molecule has 0 fully saturated rings. The summed E-state index contributed by atoms with van der Waals surface area (Å²) in [5.41, 5.74) is 7.49. The predicted molar refractivity (Wildman–Crippen MR) is 74.2 cm³/mol. The number of ether oxygens (including phenoxy) is 2. The second kappa shape index (κ2) is 8.24. The summed E-state index contributed by atoms with van der Waals surface area (Å²) < 4.78 is 22.2. The Morgan fingerprint density at radius 2 is 2.06 bits per heavy atom. The van der Waals surface area contributed by atoms with Crippen LogP contribution in [0, 0.1) is 6.92 Å². The highest BCUT2D eigenvalue weighted by Crippen LogP contribution is 2.18. The SMILES string of the molecule is COCCOCCCS(=O)c1cc(C)ccc1N. The van der Waals surface area contributed by atoms with Crippen molar-refractivity contribution in [1.29, 1.82) is 0 Å². The minimum absolute atomic E-state index is 0.570. The number of anilines is 1. The average molecular weight is 271 g/mol. The highest BCUT2D eigenvalue weighted by atomic mass is 32.2. The van der Waals surface area contributed by atoms with Gasteiger partial charge in [0.15, 0.2) is 0 Å². The van der Waals surface area contributed by atoms with Gasteiger partial charge in [-0.05, 0) is 31.0 Å². The molecule has 0 saturated heterocycles. The second-order valence-corrected chi connectivity index (χ2v) is 5.59. The summed E-state index contributed by atoms with van der Waals surface area (Å²) in [4.78, 5) is 0.729. The van der Waals surface area contributed by atoms with Gasteiger partial charge in [-0.15, -0.1) is 0 Å². The highest BCUT2D eigenvalue weighted by Gasteiger charge is 2.07. The van der Waals surface area contributed by atoms with Gasteiger partial charge in [-0.3, -0.25) is 4.21 Å². The zero-order chi connectivity index (χ0) is 13.4. The van der Waals surface area contributed by atoms with Gasteiger partial charge in [0.1, 0.15) is 0 Å². The second-order valence-electron chi connectivity index (χ2n) is 4.05. The van der Waals surface area contributed by atoms with Crippen LogP contribution in [0.1, 0.15) is 12.0 Å². The van der Waals surface area contributed by atoms with E-state index in [0.717, 1.165) is 16.9 Å².